The maximum atomic E-state index is 10.8. The Morgan fingerprint density at radius 2 is 1.73 bits per heavy atom. The average Bonchev–Trinajstić information content (AvgIpc) is 2.07. The van der Waals surface area contributed by atoms with Gasteiger partial charge in [-0.15, -0.1) is 0 Å². The highest BCUT2D eigenvalue weighted by Gasteiger charge is 2.44. The van der Waals surface area contributed by atoms with E-state index in [0.29, 0.717) is 0 Å². The minimum absolute atomic E-state index is 0.823. The van der Waals surface area contributed by atoms with Crippen molar-refractivity contribution in [1.29, 1.82) is 0 Å². The summed E-state index contributed by atoms with van der Waals surface area (Å²) in [6, 6.07) is 0. The lowest BCUT2D eigenvalue weighted by Crippen LogP contribution is -2.57. The van der Waals surface area contributed by atoms with Crippen molar-refractivity contribution in [2.75, 3.05) is 6.26 Å². The third-order valence-corrected chi connectivity index (χ3v) is 2.65. The fourth-order valence-corrected chi connectivity index (χ4v) is 2.03. The number of aliphatic hydroxyl groups is 3. The number of ether oxygens (including phenoxy) is 1. The molecule has 0 unspecified atom stereocenters. The largest absolute Gasteiger partial charge is 0.387 e. The lowest BCUT2D eigenvalue weighted by atomic mass is 10.0. The molecule has 0 amide bonds. The van der Waals surface area contributed by atoms with Crippen LogP contribution in [0.2, 0.25) is 0 Å². The molecule has 1 rings (SSSR count). The summed E-state index contributed by atoms with van der Waals surface area (Å²) in [5.74, 6) is 0. The molecule has 0 aliphatic carbocycles. The van der Waals surface area contributed by atoms with E-state index >= 15 is 0 Å². The molecule has 3 N–H and O–H groups in total. The molecule has 0 radical (unpaired) electrons. The molecule has 0 aromatic rings. The van der Waals surface area contributed by atoms with Crippen molar-refractivity contribution in [3.05, 3.63) is 0 Å². The molecule has 7 nitrogen and oxygen atoms in total. The normalized spacial score (nSPS) is 42.9. The quantitative estimate of drug-likeness (QED) is 0.470. The van der Waals surface area contributed by atoms with E-state index < -0.39 is 40.8 Å². The van der Waals surface area contributed by atoms with E-state index in [2.05, 4.69) is 4.18 Å². The lowest BCUT2D eigenvalue weighted by Gasteiger charge is -2.38. The van der Waals surface area contributed by atoms with E-state index in [1.165, 1.54) is 6.92 Å². The Kier molecular flexibility index (Phi) is 3.69. The van der Waals surface area contributed by atoms with Crippen LogP contribution in [0.5, 0.6) is 0 Å². The Morgan fingerprint density at radius 1 is 1.20 bits per heavy atom. The van der Waals surface area contributed by atoms with E-state index in [0.717, 1.165) is 6.26 Å². The van der Waals surface area contributed by atoms with Crippen molar-refractivity contribution in [2.24, 2.45) is 0 Å². The van der Waals surface area contributed by atoms with Gasteiger partial charge in [-0.3, -0.25) is 4.18 Å². The second-order valence-corrected chi connectivity index (χ2v) is 5.08. The molecule has 1 fully saturated rings. The number of aliphatic hydroxyl groups excluding tert-OH is 3. The first-order chi connectivity index (χ1) is 6.72. The second kappa shape index (κ2) is 4.32. The Bertz CT molecular complexity index is 313. The SMILES string of the molecule is C[C@@H]1O[C@@H](O)[C@H](O)[C@H](O)[C@H]1OS(C)(=O)=O. The zero-order valence-corrected chi connectivity index (χ0v) is 9.09. The van der Waals surface area contributed by atoms with Gasteiger partial charge < -0.3 is 20.1 Å². The van der Waals surface area contributed by atoms with Gasteiger partial charge in [0.1, 0.15) is 18.3 Å². The predicted octanol–water partition coefficient (Wildman–Crippen LogP) is -2.21. The topological polar surface area (TPSA) is 113 Å². The van der Waals surface area contributed by atoms with Crippen LogP contribution in [0.1, 0.15) is 6.92 Å². The zero-order valence-electron chi connectivity index (χ0n) is 8.27. The van der Waals surface area contributed by atoms with Crippen LogP contribution in [0, 0.1) is 0 Å². The summed E-state index contributed by atoms with van der Waals surface area (Å²) < 4.78 is 31.0. The van der Waals surface area contributed by atoms with E-state index in [1.54, 1.807) is 0 Å². The molecule has 1 aliphatic heterocycles. The van der Waals surface area contributed by atoms with Crippen LogP contribution < -0.4 is 0 Å². The van der Waals surface area contributed by atoms with Crippen LogP contribution in [-0.2, 0) is 19.0 Å². The molecule has 1 saturated heterocycles. The molecule has 8 heteroatoms. The van der Waals surface area contributed by atoms with Gasteiger partial charge in [0.2, 0.25) is 0 Å². The van der Waals surface area contributed by atoms with Crippen LogP contribution in [-0.4, -0.2) is 60.7 Å². The van der Waals surface area contributed by atoms with Crippen LogP contribution in [0.15, 0.2) is 0 Å². The fourth-order valence-electron chi connectivity index (χ4n) is 1.36. The third kappa shape index (κ3) is 3.10. The molecule has 15 heavy (non-hydrogen) atoms. The second-order valence-electron chi connectivity index (χ2n) is 3.48. The van der Waals surface area contributed by atoms with Crippen molar-refractivity contribution in [1.82, 2.24) is 0 Å². The number of rotatable bonds is 2. The smallest absolute Gasteiger partial charge is 0.264 e. The lowest BCUT2D eigenvalue weighted by molar-refractivity contribution is -0.272. The van der Waals surface area contributed by atoms with Gasteiger partial charge in [-0.25, -0.2) is 0 Å². The minimum atomic E-state index is -3.76. The Labute approximate surface area is 87.4 Å². The summed E-state index contributed by atoms with van der Waals surface area (Å²) in [4.78, 5) is 0. The van der Waals surface area contributed by atoms with Gasteiger partial charge >= 0.3 is 0 Å². The number of hydrogen-bond acceptors (Lipinski definition) is 7. The molecule has 1 aliphatic rings. The van der Waals surface area contributed by atoms with Crippen molar-refractivity contribution in [3.8, 4) is 0 Å². The van der Waals surface area contributed by atoms with Crippen LogP contribution >= 0.6 is 0 Å². The minimum Gasteiger partial charge on any atom is -0.387 e. The van der Waals surface area contributed by atoms with Crippen LogP contribution in [0.25, 0.3) is 0 Å². The van der Waals surface area contributed by atoms with Gasteiger partial charge in [-0.2, -0.15) is 8.42 Å². The summed E-state index contributed by atoms with van der Waals surface area (Å²) in [6.45, 7) is 1.42. The standard InChI is InChI=1S/C7H14O7S/c1-3-6(14-15(2,11)12)4(8)5(9)7(10)13-3/h3-10H,1-2H3/t3-,4-,5+,6-,7+/m0/s1. The Morgan fingerprint density at radius 3 is 2.20 bits per heavy atom. The molecular weight excluding hydrogens is 228 g/mol. The monoisotopic (exact) mass is 242 g/mol. The fraction of sp³-hybridized carbons (Fsp3) is 1.00. The first-order valence-corrected chi connectivity index (χ1v) is 6.12. The number of hydrogen-bond donors (Lipinski definition) is 3. The summed E-state index contributed by atoms with van der Waals surface area (Å²) in [7, 11) is -3.76. The molecule has 0 saturated carbocycles. The molecule has 0 bridgehead atoms. The molecule has 0 aromatic carbocycles. The van der Waals surface area contributed by atoms with E-state index in [1.807, 2.05) is 0 Å². The van der Waals surface area contributed by atoms with Crippen molar-refractivity contribution < 1.29 is 32.7 Å². The summed E-state index contributed by atoms with van der Waals surface area (Å²) in [5.41, 5.74) is 0. The summed E-state index contributed by atoms with van der Waals surface area (Å²) in [6.07, 6.45) is -5.89. The van der Waals surface area contributed by atoms with Crippen LogP contribution in [0.4, 0.5) is 0 Å². The van der Waals surface area contributed by atoms with Crippen LogP contribution in [0.3, 0.4) is 0 Å². The maximum absolute atomic E-state index is 10.8. The molecule has 0 spiro atoms. The molecule has 0 aromatic heterocycles. The molecule has 1 heterocycles. The van der Waals surface area contributed by atoms with Gasteiger partial charge in [0, 0.05) is 0 Å². The highest BCUT2D eigenvalue weighted by atomic mass is 32.2. The molecule has 5 atom stereocenters. The Hall–Kier alpha value is -0.250. The first kappa shape index (κ1) is 12.8. The zero-order chi connectivity index (χ0) is 11.8. The van der Waals surface area contributed by atoms with E-state index in [-0.39, 0.29) is 0 Å². The van der Waals surface area contributed by atoms with Gasteiger partial charge in [-0.05, 0) is 6.92 Å². The highest BCUT2D eigenvalue weighted by molar-refractivity contribution is 7.86. The van der Waals surface area contributed by atoms with Gasteiger partial charge in [0.25, 0.3) is 10.1 Å². The summed E-state index contributed by atoms with van der Waals surface area (Å²) >= 11 is 0. The Balaban J connectivity index is 2.79. The maximum Gasteiger partial charge on any atom is 0.264 e. The van der Waals surface area contributed by atoms with E-state index in [9.17, 15) is 18.6 Å². The average molecular weight is 242 g/mol. The van der Waals surface area contributed by atoms with Crippen molar-refractivity contribution in [3.63, 3.8) is 0 Å². The van der Waals surface area contributed by atoms with Crippen molar-refractivity contribution >= 4 is 10.1 Å². The third-order valence-electron chi connectivity index (χ3n) is 2.08. The highest BCUT2D eigenvalue weighted by Crippen LogP contribution is 2.23. The summed E-state index contributed by atoms with van der Waals surface area (Å²) in [5, 5.41) is 27.8. The van der Waals surface area contributed by atoms with Gasteiger partial charge in [-0.1, -0.05) is 0 Å². The van der Waals surface area contributed by atoms with Crippen molar-refractivity contribution in [2.45, 2.75) is 37.6 Å². The van der Waals surface area contributed by atoms with Gasteiger partial charge in [0.15, 0.2) is 6.29 Å². The molecular formula is C7H14O7S. The van der Waals surface area contributed by atoms with Gasteiger partial charge in [0.05, 0.1) is 12.4 Å². The predicted molar refractivity (Wildman–Crippen MR) is 48.3 cm³/mol. The molecule has 90 valence electrons. The first-order valence-electron chi connectivity index (χ1n) is 4.30. The van der Waals surface area contributed by atoms with E-state index in [4.69, 9.17) is 9.84 Å².